The van der Waals surface area contributed by atoms with E-state index in [0.717, 1.165) is 12.3 Å². The van der Waals surface area contributed by atoms with Gasteiger partial charge in [0.2, 0.25) is 0 Å². The third kappa shape index (κ3) is 3.35. The van der Waals surface area contributed by atoms with Gasteiger partial charge in [-0.2, -0.15) is 0 Å². The van der Waals surface area contributed by atoms with Crippen LogP contribution in [0.25, 0.3) is 0 Å². The summed E-state index contributed by atoms with van der Waals surface area (Å²) in [5, 5.41) is 14.6. The first kappa shape index (κ1) is 13.9. The third-order valence-corrected chi connectivity index (χ3v) is 4.59. The zero-order valence-corrected chi connectivity index (χ0v) is 11.8. The number of urea groups is 1. The van der Waals surface area contributed by atoms with E-state index in [4.69, 9.17) is 5.11 Å². The summed E-state index contributed by atoms with van der Waals surface area (Å²) in [5.41, 5.74) is 1.31. The van der Waals surface area contributed by atoms with Gasteiger partial charge < -0.3 is 15.7 Å². The molecule has 0 aliphatic heterocycles. The van der Waals surface area contributed by atoms with Gasteiger partial charge in [0.1, 0.15) is 0 Å². The lowest BCUT2D eigenvalue weighted by Gasteiger charge is -2.23. The predicted octanol–water partition coefficient (Wildman–Crippen LogP) is 2.62. The smallest absolute Gasteiger partial charge is 0.319 e. The molecule has 5 nitrogen and oxygen atoms in total. The molecule has 2 bridgehead atoms. The topological polar surface area (TPSA) is 78.4 Å². The fraction of sp³-hybridized carbons (Fsp3) is 0.500. The zero-order chi connectivity index (χ0) is 14.8. The molecule has 2 amide bonds. The van der Waals surface area contributed by atoms with Gasteiger partial charge in [0, 0.05) is 11.7 Å². The molecule has 0 heterocycles. The van der Waals surface area contributed by atoms with Gasteiger partial charge in [-0.15, -0.1) is 0 Å². The van der Waals surface area contributed by atoms with Crippen LogP contribution in [0, 0.1) is 11.8 Å². The van der Waals surface area contributed by atoms with Gasteiger partial charge in [-0.05, 0) is 48.8 Å². The van der Waals surface area contributed by atoms with Crippen molar-refractivity contribution in [1.29, 1.82) is 0 Å². The van der Waals surface area contributed by atoms with E-state index < -0.39 is 5.97 Å². The molecule has 2 aliphatic carbocycles. The van der Waals surface area contributed by atoms with Crippen LogP contribution < -0.4 is 10.6 Å². The molecule has 2 fully saturated rings. The van der Waals surface area contributed by atoms with Gasteiger partial charge in [-0.3, -0.25) is 4.79 Å². The van der Waals surface area contributed by atoms with E-state index in [2.05, 4.69) is 10.6 Å². The Morgan fingerprint density at radius 3 is 2.76 bits per heavy atom. The summed E-state index contributed by atoms with van der Waals surface area (Å²) in [7, 11) is 0. The van der Waals surface area contributed by atoms with Crippen LogP contribution in [-0.4, -0.2) is 23.1 Å². The molecule has 3 unspecified atom stereocenters. The minimum absolute atomic E-state index is 0.0382. The van der Waals surface area contributed by atoms with E-state index in [1.54, 1.807) is 24.3 Å². The van der Waals surface area contributed by atoms with Crippen molar-refractivity contribution >= 4 is 17.7 Å². The molecular formula is C16H20N2O3. The Bertz CT molecular complexity index is 558. The molecule has 112 valence electrons. The Balaban J connectivity index is 1.56. The Hall–Kier alpha value is -2.04. The van der Waals surface area contributed by atoms with Crippen LogP contribution in [0.2, 0.25) is 0 Å². The van der Waals surface area contributed by atoms with Gasteiger partial charge in [0.05, 0.1) is 6.42 Å². The predicted molar refractivity (Wildman–Crippen MR) is 79.2 cm³/mol. The van der Waals surface area contributed by atoms with Gasteiger partial charge >= 0.3 is 12.0 Å². The highest BCUT2D eigenvalue weighted by Crippen LogP contribution is 2.44. The highest BCUT2D eigenvalue weighted by atomic mass is 16.4. The zero-order valence-electron chi connectivity index (χ0n) is 11.8. The second-order valence-electron chi connectivity index (χ2n) is 6.15. The van der Waals surface area contributed by atoms with Crippen LogP contribution in [0.5, 0.6) is 0 Å². The largest absolute Gasteiger partial charge is 0.481 e. The maximum atomic E-state index is 12.0. The minimum Gasteiger partial charge on any atom is -0.481 e. The van der Waals surface area contributed by atoms with E-state index >= 15 is 0 Å². The standard InChI is InChI=1S/C16H20N2O3/c19-15(20)9-10-2-1-3-13(7-10)17-16(21)18-14-8-11-4-5-12(14)6-11/h1-3,7,11-12,14H,4-6,8-9H2,(H,19,20)(H2,17,18,21). The molecule has 21 heavy (non-hydrogen) atoms. The number of carboxylic acids is 1. The number of anilines is 1. The Labute approximate surface area is 123 Å². The van der Waals surface area contributed by atoms with Crippen LogP contribution in [0.3, 0.4) is 0 Å². The molecule has 3 rings (SSSR count). The number of fused-ring (bicyclic) bond motifs is 2. The fourth-order valence-electron chi connectivity index (χ4n) is 3.69. The van der Waals surface area contributed by atoms with Crippen LogP contribution in [0.15, 0.2) is 24.3 Å². The molecule has 2 aliphatic rings. The second kappa shape index (κ2) is 5.76. The minimum atomic E-state index is -0.876. The third-order valence-electron chi connectivity index (χ3n) is 4.59. The average molecular weight is 288 g/mol. The Kier molecular flexibility index (Phi) is 3.82. The van der Waals surface area contributed by atoms with Crippen LogP contribution in [0.4, 0.5) is 10.5 Å². The van der Waals surface area contributed by atoms with Gasteiger partial charge in [0.25, 0.3) is 0 Å². The van der Waals surface area contributed by atoms with Crippen molar-refractivity contribution < 1.29 is 14.7 Å². The van der Waals surface area contributed by atoms with Gasteiger partial charge in [-0.25, -0.2) is 4.79 Å². The maximum absolute atomic E-state index is 12.0. The first-order chi connectivity index (χ1) is 10.1. The quantitative estimate of drug-likeness (QED) is 0.797. The highest BCUT2D eigenvalue weighted by Gasteiger charge is 2.40. The number of rotatable bonds is 4. The van der Waals surface area contributed by atoms with Crippen molar-refractivity contribution in [3.05, 3.63) is 29.8 Å². The van der Waals surface area contributed by atoms with Crippen molar-refractivity contribution in [1.82, 2.24) is 5.32 Å². The molecule has 2 saturated carbocycles. The number of carboxylic acid groups (broad SMARTS) is 1. The Morgan fingerprint density at radius 1 is 1.24 bits per heavy atom. The number of carbonyl (C=O) groups is 2. The van der Waals surface area contributed by atoms with E-state index in [-0.39, 0.29) is 12.5 Å². The first-order valence-corrected chi connectivity index (χ1v) is 7.48. The van der Waals surface area contributed by atoms with E-state index in [1.807, 2.05) is 0 Å². The fourth-order valence-corrected chi connectivity index (χ4v) is 3.69. The number of benzene rings is 1. The van der Waals surface area contributed by atoms with E-state index in [1.165, 1.54) is 19.3 Å². The van der Waals surface area contributed by atoms with E-state index in [9.17, 15) is 9.59 Å². The normalized spacial score (nSPS) is 26.6. The highest BCUT2D eigenvalue weighted by molar-refractivity contribution is 5.89. The van der Waals surface area contributed by atoms with Crippen molar-refractivity contribution in [3.8, 4) is 0 Å². The van der Waals surface area contributed by atoms with Crippen molar-refractivity contribution in [2.75, 3.05) is 5.32 Å². The number of carbonyl (C=O) groups excluding carboxylic acids is 1. The number of hydrogen-bond acceptors (Lipinski definition) is 2. The summed E-state index contributed by atoms with van der Waals surface area (Å²) in [6.45, 7) is 0. The summed E-state index contributed by atoms with van der Waals surface area (Å²) in [4.78, 5) is 22.7. The molecule has 5 heteroatoms. The van der Waals surface area contributed by atoms with Gasteiger partial charge in [0.15, 0.2) is 0 Å². The molecule has 1 aromatic carbocycles. The summed E-state index contributed by atoms with van der Waals surface area (Å²) in [6, 6.07) is 7.07. The SMILES string of the molecule is O=C(O)Cc1cccc(NC(=O)NC2CC3CCC2C3)c1. The van der Waals surface area contributed by atoms with Crippen molar-refractivity contribution in [2.45, 2.75) is 38.1 Å². The summed E-state index contributed by atoms with van der Waals surface area (Å²) >= 11 is 0. The summed E-state index contributed by atoms with van der Waals surface area (Å²) < 4.78 is 0. The van der Waals surface area contributed by atoms with Crippen molar-refractivity contribution in [3.63, 3.8) is 0 Å². The molecule has 0 saturated heterocycles. The monoisotopic (exact) mass is 288 g/mol. The molecular weight excluding hydrogens is 268 g/mol. The number of amides is 2. The molecule has 1 aromatic rings. The average Bonchev–Trinajstić information content (AvgIpc) is 3.00. The molecule has 0 spiro atoms. The summed E-state index contributed by atoms with van der Waals surface area (Å²) in [6.07, 6.45) is 4.84. The van der Waals surface area contributed by atoms with Crippen LogP contribution in [0.1, 0.15) is 31.2 Å². The van der Waals surface area contributed by atoms with Crippen molar-refractivity contribution in [2.24, 2.45) is 11.8 Å². The second-order valence-corrected chi connectivity index (χ2v) is 6.15. The molecule has 0 radical (unpaired) electrons. The number of hydrogen-bond donors (Lipinski definition) is 3. The van der Waals surface area contributed by atoms with Crippen LogP contribution >= 0.6 is 0 Å². The molecule has 3 atom stereocenters. The van der Waals surface area contributed by atoms with Gasteiger partial charge in [-0.1, -0.05) is 18.6 Å². The summed E-state index contributed by atoms with van der Waals surface area (Å²) in [5.74, 6) is 0.553. The molecule has 3 N–H and O–H groups in total. The number of aliphatic carboxylic acids is 1. The lowest BCUT2D eigenvalue weighted by atomic mass is 9.95. The Morgan fingerprint density at radius 2 is 2.10 bits per heavy atom. The molecule has 0 aromatic heterocycles. The first-order valence-electron chi connectivity index (χ1n) is 7.48. The lowest BCUT2D eigenvalue weighted by molar-refractivity contribution is -0.136. The number of nitrogens with one attached hydrogen (secondary N) is 2. The maximum Gasteiger partial charge on any atom is 0.319 e. The lowest BCUT2D eigenvalue weighted by Crippen LogP contribution is -2.40. The van der Waals surface area contributed by atoms with E-state index in [0.29, 0.717) is 23.2 Å². The van der Waals surface area contributed by atoms with Crippen LogP contribution in [-0.2, 0) is 11.2 Å².